The number of nitrogens with two attached hydrogens (primary N) is 1. The lowest BCUT2D eigenvalue weighted by atomic mass is 10.0. The second-order valence-corrected chi connectivity index (χ2v) is 6.10. The van der Waals surface area contributed by atoms with Crippen LogP contribution in [0.2, 0.25) is 0 Å². The number of hydrogen-bond acceptors (Lipinski definition) is 4. The molecule has 134 valence electrons. The van der Waals surface area contributed by atoms with Crippen molar-refractivity contribution in [2.24, 2.45) is 5.73 Å². The molecule has 3 aromatic rings. The number of para-hydroxylation sites is 2. The van der Waals surface area contributed by atoms with Gasteiger partial charge in [0.2, 0.25) is 5.91 Å². The van der Waals surface area contributed by atoms with Gasteiger partial charge in [-0.2, -0.15) is 0 Å². The molecule has 0 aliphatic carbocycles. The third kappa shape index (κ3) is 3.89. The molecular formula is C19H20N4O3. The molecule has 4 N–H and O–H groups in total. The van der Waals surface area contributed by atoms with Crippen LogP contribution in [0.25, 0.3) is 10.9 Å². The van der Waals surface area contributed by atoms with Crippen LogP contribution in [-0.4, -0.2) is 28.4 Å². The topological polar surface area (TPSA) is 114 Å². The minimum Gasteiger partial charge on any atom is -0.361 e. The number of nitrogens with one attached hydrogen (secondary N) is 2. The molecule has 0 bridgehead atoms. The number of rotatable bonds is 7. The molecule has 0 fully saturated rings. The lowest BCUT2D eigenvalue weighted by Gasteiger charge is -2.12. The number of carbonyl (C=O) groups excluding carboxylic acids is 1. The number of aromatic nitrogens is 1. The van der Waals surface area contributed by atoms with Gasteiger partial charge < -0.3 is 16.0 Å². The first kappa shape index (κ1) is 17.6. The number of aromatic amines is 1. The molecule has 1 heterocycles. The summed E-state index contributed by atoms with van der Waals surface area (Å²) in [5, 5.41) is 14.8. The number of carbonyl (C=O) groups is 1. The van der Waals surface area contributed by atoms with Gasteiger partial charge in [-0.1, -0.05) is 36.4 Å². The van der Waals surface area contributed by atoms with Crippen LogP contribution < -0.4 is 11.1 Å². The van der Waals surface area contributed by atoms with Gasteiger partial charge >= 0.3 is 0 Å². The van der Waals surface area contributed by atoms with Gasteiger partial charge in [-0.3, -0.25) is 14.9 Å². The molecule has 0 unspecified atom stereocenters. The third-order valence-corrected chi connectivity index (χ3v) is 4.33. The average molecular weight is 352 g/mol. The van der Waals surface area contributed by atoms with Crippen molar-refractivity contribution in [3.05, 3.63) is 76.0 Å². The molecule has 0 spiro atoms. The molecule has 1 atom stereocenters. The van der Waals surface area contributed by atoms with Crippen LogP contribution in [0.3, 0.4) is 0 Å². The molecule has 0 aliphatic heterocycles. The van der Waals surface area contributed by atoms with Crippen LogP contribution in [0.1, 0.15) is 11.1 Å². The standard InChI is InChI=1S/C19H20N4O3/c20-16(11-14-12-22-17-7-3-2-6-15(14)17)19(24)21-10-9-13-5-1-4-8-18(13)23(25)26/h1-8,12,16,22H,9-11,20H2,(H,21,24)/t16-/m0/s1. The molecule has 0 radical (unpaired) electrons. The second-order valence-electron chi connectivity index (χ2n) is 6.10. The number of amides is 1. The molecule has 0 saturated heterocycles. The Kier molecular flexibility index (Phi) is 5.28. The number of hydrogen-bond donors (Lipinski definition) is 3. The van der Waals surface area contributed by atoms with Crippen LogP contribution >= 0.6 is 0 Å². The summed E-state index contributed by atoms with van der Waals surface area (Å²) in [7, 11) is 0. The number of nitro groups is 1. The van der Waals surface area contributed by atoms with Gasteiger partial charge in [0.1, 0.15) is 0 Å². The van der Waals surface area contributed by atoms with Gasteiger partial charge in [0, 0.05) is 35.3 Å². The van der Waals surface area contributed by atoms with E-state index in [0.717, 1.165) is 16.5 Å². The van der Waals surface area contributed by atoms with Gasteiger partial charge in [0.25, 0.3) is 5.69 Å². The highest BCUT2D eigenvalue weighted by molar-refractivity contribution is 5.86. The summed E-state index contributed by atoms with van der Waals surface area (Å²) in [6, 6.07) is 13.7. The normalized spacial score (nSPS) is 12.0. The maximum Gasteiger partial charge on any atom is 0.272 e. The fraction of sp³-hybridized carbons (Fsp3) is 0.211. The summed E-state index contributed by atoms with van der Waals surface area (Å²) in [5.41, 5.74) is 8.66. The maximum atomic E-state index is 12.2. The van der Waals surface area contributed by atoms with Crippen LogP contribution in [0.4, 0.5) is 5.69 Å². The number of H-pyrrole nitrogens is 1. The SMILES string of the molecule is N[C@@H](Cc1c[nH]c2ccccc12)C(=O)NCCc1ccccc1[N+](=O)[O-]. The first-order valence-electron chi connectivity index (χ1n) is 8.37. The lowest BCUT2D eigenvalue weighted by Crippen LogP contribution is -2.42. The Morgan fingerprint density at radius 3 is 2.69 bits per heavy atom. The minimum atomic E-state index is -0.681. The fourth-order valence-electron chi connectivity index (χ4n) is 2.98. The van der Waals surface area contributed by atoms with E-state index in [1.54, 1.807) is 18.2 Å². The van der Waals surface area contributed by atoms with E-state index in [2.05, 4.69) is 10.3 Å². The van der Waals surface area contributed by atoms with Crippen molar-refractivity contribution >= 4 is 22.5 Å². The predicted octanol–water partition coefficient (Wildman–Crippen LogP) is 2.30. The summed E-state index contributed by atoms with van der Waals surface area (Å²) in [4.78, 5) is 26.0. The van der Waals surface area contributed by atoms with E-state index >= 15 is 0 Å². The van der Waals surface area contributed by atoms with Gasteiger partial charge in [0.15, 0.2) is 0 Å². The maximum absolute atomic E-state index is 12.2. The Morgan fingerprint density at radius 1 is 1.15 bits per heavy atom. The Bertz CT molecular complexity index is 935. The molecule has 2 aromatic carbocycles. The molecule has 1 aromatic heterocycles. The van der Waals surface area contributed by atoms with Crippen molar-refractivity contribution in [2.45, 2.75) is 18.9 Å². The average Bonchev–Trinajstić information content (AvgIpc) is 3.05. The highest BCUT2D eigenvalue weighted by atomic mass is 16.6. The largest absolute Gasteiger partial charge is 0.361 e. The zero-order chi connectivity index (χ0) is 18.5. The highest BCUT2D eigenvalue weighted by Crippen LogP contribution is 2.19. The van der Waals surface area contributed by atoms with E-state index in [1.807, 2.05) is 30.5 Å². The van der Waals surface area contributed by atoms with Crippen molar-refractivity contribution in [3.8, 4) is 0 Å². The zero-order valence-corrected chi connectivity index (χ0v) is 14.1. The summed E-state index contributed by atoms with van der Waals surface area (Å²) >= 11 is 0. The van der Waals surface area contributed by atoms with E-state index in [-0.39, 0.29) is 11.6 Å². The highest BCUT2D eigenvalue weighted by Gasteiger charge is 2.17. The van der Waals surface area contributed by atoms with Gasteiger partial charge in [-0.25, -0.2) is 0 Å². The number of fused-ring (bicyclic) bond motifs is 1. The molecule has 0 aliphatic rings. The molecular weight excluding hydrogens is 332 g/mol. The zero-order valence-electron chi connectivity index (χ0n) is 14.1. The quantitative estimate of drug-likeness (QED) is 0.447. The van der Waals surface area contributed by atoms with Crippen LogP contribution in [0.15, 0.2) is 54.7 Å². The lowest BCUT2D eigenvalue weighted by molar-refractivity contribution is -0.385. The monoisotopic (exact) mass is 352 g/mol. The molecule has 26 heavy (non-hydrogen) atoms. The van der Waals surface area contributed by atoms with Gasteiger partial charge in [-0.15, -0.1) is 0 Å². The number of nitro benzene ring substituents is 1. The summed E-state index contributed by atoms with van der Waals surface area (Å²) < 4.78 is 0. The Labute approximate surface area is 150 Å². The van der Waals surface area contributed by atoms with E-state index in [9.17, 15) is 14.9 Å². The third-order valence-electron chi connectivity index (χ3n) is 4.33. The van der Waals surface area contributed by atoms with E-state index in [1.165, 1.54) is 6.07 Å². The minimum absolute atomic E-state index is 0.0600. The van der Waals surface area contributed by atoms with E-state index in [0.29, 0.717) is 24.9 Å². The van der Waals surface area contributed by atoms with Crippen molar-refractivity contribution < 1.29 is 9.72 Å². The van der Waals surface area contributed by atoms with E-state index in [4.69, 9.17) is 5.73 Å². The molecule has 3 rings (SSSR count). The van der Waals surface area contributed by atoms with E-state index < -0.39 is 11.0 Å². The molecule has 7 nitrogen and oxygen atoms in total. The van der Waals surface area contributed by atoms with Gasteiger partial charge in [-0.05, 0) is 24.5 Å². The Balaban J connectivity index is 1.56. The van der Waals surface area contributed by atoms with Crippen LogP contribution in [-0.2, 0) is 17.6 Å². The number of benzene rings is 2. The smallest absolute Gasteiger partial charge is 0.272 e. The summed E-state index contributed by atoms with van der Waals surface area (Å²) in [6.45, 7) is 0.297. The van der Waals surface area contributed by atoms with Crippen molar-refractivity contribution in [1.82, 2.24) is 10.3 Å². The number of nitrogens with zero attached hydrogens (tertiary/aromatic N) is 1. The van der Waals surface area contributed by atoms with Crippen molar-refractivity contribution in [3.63, 3.8) is 0 Å². The molecule has 0 saturated carbocycles. The molecule has 7 heteroatoms. The van der Waals surface area contributed by atoms with Crippen LogP contribution in [0, 0.1) is 10.1 Å². The summed E-state index contributed by atoms with van der Waals surface area (Å²) in [5.74, 6) is -0.270. The molecule has 1 amide bonds. The second kappa shape index (κ2) is 7.79. The Morgan fingerprint density at radius 2 is 1.88 bits per heavy atom. The first-order valence-corrected chi connectivity index (χ1v) is 8.37. The predicted molar refractivity (Wildman–Crippen MR) is 99.8 cm³/mol. The summed E-state index contributed by atoms with van der Waals surface area (Å²) in [6.07, 6.45) is 2.66. The first-order chi connectivity index (χ1) is 12.6. The Hall–Kier alpha value is -3.19. The fourth-order valence-corrected chi connectivity index (χ4v) is 2.98. The van der Waals surface area contributed by atoms with Crippen molar-refractivity contribution in [1.29, 1.82) is 0 Å². The van der Waals surface area contributed by atoms with Crippen molar-refractivity contribution in [2.75, 3.05) is 6.54 Å². The van der Waals surface area contributed by atoms with Crippen LogP contribution in [0.5, 0.6) is 0 Å². The van der Waals surface area contributed by atoms with Gasteiger partial charge in [0.05, 0.1) is 11.0 Å².